The maximum absolute atomic E-state index is 13.1. The third-order valence-corrected chi connectivity index (χ3v) is 5.21. The zero-order chi connectivity index (χ0) is 22.1. The van der Waals surface area contributed by atoms with Crippen LogP contribution in [0, 0.1) is 5.92 Å². The Morgan fingerprint density at radius 1 is 1.23 bits per heavy atom. The number of ether oxygens (including phenoxy) is 1. The van der Waals surface area contributed by atoms with E-state index in [1.165, 1.54) is 4.90 Å². The van der Waals surface area contributed by atoms with Crippen molar-refractivity contribution in [2.45, 2.75) is 44.3 Å². The second kappa shape index (κ2) is 13.0. The smallest absolute Gasteiger partial charge is 0.391 e. The number of hydrogen-bond acceptors (Lipinski definition) is 3. The van der Waals surface area contributed by atoms with E-state index in [4.69, 9.17) is 4.74 Å². The molecule has 176 valence electrons. The lowest BCUT2D eigenvalue weighted by Crippen LogP contribution is -2.47. The van der Waals surface area contributed by atoms with Crippen LogP contribution in [0.25, 0.3) is 0 Å². The van der Waals surface area contributed by atoms with Gasteiger partial charge in [0.25, 0.3) is 0 Å². The van der Waals surface area contributed by atoms with Crippen LogP contribution in [-0.2, 0) is 11.2 Å². The molecule has 0 heterocycles. The molecule has 1 fully saturated rings. The summed E-state index contributed by atoms with van der Waals surface area (Å²) in [5.41, 5.74) is 1.09. The average Bonchev–Trinajstić information content (AvgIpc) is 2.71. The zero-order valence-corrected chi connectivity index (χ0v) is 20.5. The molecule has 0 spiro atoms. The highest BCUT2D eigenvalue weighted by Gasteiger charge is 2.42. The van der Waals surface area contributed by atoms with E-state index in [-0.39, 0.29) is 55.3 Å². The molecular weight excluding hydrogens is 524 g/mol. The molecule has 6 nitrogen and oxygen atoms in total. The first-order chi connectivity index (χ1) is 14.2. The first kappa shape index (κ1) is 27.3. The number of benzene rings is 1. The van der Waals surface area contributed by atoms with Crippen LogP contribution in [-0.4, -0.2) is 63.3 Å². The number of halogens is 4. The number of nitrogens with one attached hydrogen (secondary N) is 2. The van der Waals surface area contributed by atoms with E-state index in [2.05, 4.69) is 15.6 Å². The first-order valence-electron chi connectivity index (χ1n) is 10.1. The van der Waals surface area contributed by atoms with E-state index in [1.807, 2.05) is 24.3 Å². The molecule has 1 aliphatic rings. The third-order valence-electron chi connectivity index (χ3n) is 5.21. The molecule has 0 saturated heterocycles. The van der Waals surface area contributed by atoms with Crippen molar-refractivity contribution in [3.8, 4) is 5.75 Å². The topological polar surface area (TPSA) is 66.0 Å². The van der Waals surface area contributed by atoms with Gasteiger partial charge in [-0.2, -0.15) is 13.2 Å². The number of carbonyl (C=O) groups is 1. The number of alkyl halides is 3. The van der Waals surface area contributed by atoms with Crippen molar-refractivity contribution in [3.05, 3.63) is 29.8 Å². The summed E-state index contributed by atoms with van der Waals surface area (Å²) < 4.78 is 44.5. The van der Waals surface area contributed by atoms with Gasteiger partial charge >= 0.3 is 6.18 Å². The second-order valence-electron chi connectivity index (χ2n) is 7.72. The normalized spacial score (nSPS) is 19.2. The summed E-state index contributed by atoms with van der Waals surface area (Å²) in [6.07, 6.45) is -2.14. The van der Waals surface area contributed by atoms with Gasteiger partial charge in [-0.15, -0.1) is 24.0 Å². The van der Waals surface area contributed by atoms with Crippen molar-refractivity contribution in [1.82, 2.24) is 15.5 Å². The van der Waals surface area contributed by atoms with Gasteiger partial charge in [0.1, 0.15) is 12.3 Å². The summed E-state index contributed by atoms with van der Waals surface area (Å²) in [7, 11) is 4.88. The lowest BCUT2D eigenvalue weighted by molar-refractivity contribution is -0.183. The minimum absolute atomic E-state index is 0. The number of nitrogens with zero attached hydrogens (tertiary/aromatic N) is 2. The lowest BCUT2D eigenvalue weighted by Gasteiger charge is -2.32. The van der Waals surface area contributed by atoms with Crippen molar-refractivity contribution in [2.75, 3.05) is 34.3 Å². The van der Waals surface area contributed by atoms with Crippen LogP contribution in [0.15, 0.2) is 29.3 Å². The number of aliphatic imine (C=N–C) groups is 1. The molecule has 2 N–H and O–H groups in total. The van der Waals surface area contributed by atoms with E-state index in [1.54, 1.807) is 21.2 Å². The van der Waals surface area contributed by atoms with Crippen molar-refractivity contribution < 1.29 is 22.7 Å². The minimum Gasteiger partial charge on any atom is -0.497 e. The van der Waals surface area contributed by atoms with Crippen molar-refractivity contribution >= 4 is 35.8 Å². The Balaban J connectivity index is 0.00000480. The molecule has 2 rings (SSSR count). The average molecular weight is 556 g/mol. The van der Waals surface area contributed by atoms with E-state index in [0.717, 1.165) is 11.3 Å². The fraction of sp³-hybridized carbons (Fsp3) is 0.619. The molecule has 0 aromatic heterocycles. The maximum atomic E-state index is 13.1. The van der Waals surface area contributed by atoms with Crippen molar-refractivity contribution in [3.63, 3.8) is 0 Å². The van der Waals surface area contributed by atoms with E-state index in [0.29, 0.717) is 31.8 Å². The zero-order valence-electron chi connectivity index (χ0n) is 18.2. The summed E-state index contributed by atoms with van der Waals surface area (Å²) in [4.78, 5) is 17.6. The van der Waals surface area contributed by atoms with Gasteiger partial charge in [-0.1, -0.05) is 18.6 Å². The molecule has 1 aliphatic carbocycles. The predicted octanol–water partition coefficient (Wildman–Crippen LogP) is 3.60. The molecule has 0 aliphatic heterocycles. The van der Waals surface area contributed by atoms with Gasteiger partial charge < -0.3 is 20.3 Å². The molecule has 0 radical (unpaired) electrons. The van der Waals surface area contributed by atoms with Gasteiger partial charge in [0.15, 0.2) is 5.96 Å². The molecule has 10 heteroatoms. The number of methoxy groups -OCH3 is 1. The van der Waals surface area contributed by atoms with Crippen LogP contribution in [0.3, 0.4) is 0 Å². The number of hydrogen-bond donors (Lipinski definition) is 2. The first-order valence-corrected chi connectivity index (χ1v) is 10.1. The third kappa shape index (κ3) is 9.53. The Morgan fingerprint density at radius 2 is 1.90 bits per heavy atom. The van der Waals surface area contributed by atoms with Crippen LogP contribution in [0.1, 0.15) is 31.2 Å². The number of rotatable bonds is 7. The van der Waals surface area contributed by atoms with E-state index >= 15 is 0 Å². The molecule has 2 unspecified atom stereocenters. The second-order valence-corrected chi connectivity index (χ2v) is 7.72. The highest BCUT2D eigenvalue weighted by molar-refractivity contribution is 14.0. The fourth-order valence-electron chi connectivity index (χ4n) is 3.37. The molecule has 1 aromatic carbocycles. The number of likely N-dealkylation sites (N-methyl/N-ethyl adjacent to an activating group) is 1. The van der Waals surface area contributed by atoms with Crippen LogP contribution in [0.4, 0.5) is 13.2 Å². The Labute approximate surface area is 199 Å². The Morgan fingerprint density at radius 3 is 2.48 bits per heavy atom. The van der Waals surface area contributed by atoms with E-state index < -0.39 is 12.1 Å². The molecule has 1 saturated carbocycles. The lowest BCUT2D eigenvalue weighted by atomic mass is 9.85. The van der Waals surface area contributed by atoms with Gasteiger partial charge in [-0.3, -0.25) is 4.79 Å². The van der Waals surface area contributed by atoms with Crippen LogP contribution in [0.5, 0.6) is 5.75 Å². The van der Waals surface area contributed by atoms with Gasteiger partial charge in [0.2, 0.25) is 5.91 Å². The van der Waals surface area contributed by atoms with Gasteiger partial charge in [0.05, 0.1) is 13.0 Å². The summed E-state index contributed by atoms with van der Waals surface area (Å²) in [6, 6.07) is 7.33. The highest BCUT2D eigenvalue weighted by atomic mass is 127. The number of amides is 1. The summed E-state index contributed by atoms with van der Waals surface area (Å²) in [5.74, 6) is -0.336. The molecule has 2 atom stereocenters. The monoisotopic (exact) mass is 556 g/mol. The van der Waals surface area contributed by atoms with Gasteiger partial charge in [-0.25, -0.2) is 4.99 Å². The van der Waals surface area contributed by atoms with Gasteiger partial charge in [-0.05, 0) is 43.4 Å². The number of guanidine groups is 1. The van der Waals surface area contributed by atoms with Crippen molar-refractivity contribution in [2.24, 2.45) is 10.9 Å². The largest absolute Gasteiger partial charge is 0.497 e. The maximum Gasteiger partial charge on any atom is 0.391 e. The van der Waals surface area contributed by atoms with Crippen LogP contribution in [0.2, 0.25) is 0 Å². The van der Waals surface area contributed by atoms with Crippen LogP contribution < -0.4 is 15.4 Å². The van der Waals surface area contributed by atoms with Gasteiger partial charge in [0, 0.05) is 26.7 Å². The molecule has 1 amide bonds. The quantitative estimate of drug-likeness (QED) is 0.306. The highest BCUT2D eigenvalue weighted by Crippen LogP contribution is 2.37. The minimum atomic E-state index is -4.18. The molecule has 0 bridgehead atoms. The Hall–Kier alpha value is -1.72. The van der Waals surface area contributed by atoms with Crippen LogP contribution >= 0.6 is 24.0 Å². The van der Waals surface area contributed by atoms with Crippen molar-refractivity contribution in [1.29, 1.82) is 0 Å². The standard InChI is InChI=1S/C21H31F3N4O2.HI/c1-28(2)19(29)14-26-20(25-12-11-15-7-9-18(30-3)10-8-15)27-17-6-4-5-16(13-17)21(22,23)24;/h7-10,16-17H,4-6,11-14H2,1-3H3,(H2,25,26,27);1H. The summed E-state index contributed by atoms with van der Waals surface area (Å²) >= 11 is 0. The SMILES string of the molecule is COc1ccc(CCNC(=NCC(=O)N(C)C)NC2CCCC(C(F)(F)F)C2)cc1.I. The Kier molecular flexibility index (Phi) is 11.4. The molecule has 1 aromatic rings. The molecule has 31 heavy (non-hydrogen) atoms. The molecular formula is C21H32F3IN4O2. The Bertz CT molecular complexity index is 712. The number of carbonyl (C=O) groups excluding carboxylic acids is 1. The fourth-order valence-corrected chi connectivity index (χ4v) is 3.37. The predicted molar refractivity (Wildman–Crippen MR) is 126 cm³/mol. The summed E-state index contributed by atoms with van der Waals surface area (Å²) in [5, 5.41) is 6.25. The summed E-state index contributed by atoms with van der Waals surface area (Å²) in [6.45, 7) is 0.462. The van der Waals surface area contributed by atoms with E-state index in [9.17, 15) is 18.0 Å².